The summed E-state index contributed by atoms with van der Waals surface area (Å²) in [6, 6.07) is 0.517. The van der Waals surface area contributed by atoms with Crippen LogP contribution in [0.4, 0.5) is 0 Å². The van der Waals surface area contributed by atoms with Crippen LogP contribution in [0.25, 0.3) is 0 Å². The van der Waals surface area contributed by atoms with Gasteiger partial charge in [-0.05, 0) is 26.3 Å². The molecule has 0 spiro atoms. The highest BCUT2D eigenvalue weighted by atomic mass is 16.5. The highest BCUT2D eigenvalue weighted by molar-refractivity contribution is 4.91. The van der Waals surface area contributed by atoms with Gasteiger partial charge in [-0.25, -0.2) is 4.98 Å². The van der Waals surface area contributed by atoms with Crippen LogP contribution in [0.15, 0.2) is 12.4 Å². The molecule has 0 saturated carbocycles. The highest BCUT2D eigenvalue weighted by Crippen LogP contribution is 2.05. The summed E-state index contributed by atoms with van der Waals surface area (Å²) in [5, 5.41) is 3.34. The van der Waals surface area contributed by atoms with Crippen molar-refractivity contribution >= 4 is 0 Å². The Hall–Kier alpha value is -0.870. The first kappa shape index (κ1) is 14.2. The molecule has 0 aliphatic heterocycles. The number of nitrogens with zero attached hydrogens (tertiary/aromatic N) is 2. The predicted octanol–water partition coefficient (Wildman–Crippen LogP) is 1.76. The van der Waals surface area contributed by atoms with Crippen molar-refractivity contribution in [3.05, 3.63) is 18.2 Å². The van der Waals surface area contributed by atoms with Gasteiger partial charge in [-0.15, -0.1) is 0 Å². The number of hydrogen-bond donors (Lipinski definition) is 1. The van der Waals surface area contributed by atoms with E-state index in [0.717, 1.165) is 44.7 Å². The van der Waals surface area contributed by atoms with E-state index in [9.17, 15) is 0 Å². The Kier molecular flexibility index (Phi) is 6.89. The fraction of sp³-hybridized carbons (Fsp3) is 0.769. The molecule has 17 heavy (non-hydrogen) atoms. The number of rotatable bonds is 9. The fourth-order valence-electron chi connectivity index (χ4n) is 1.85. The van der Waals surface area contributed by atoms with Crippen LogP contribution < -0.4 is 5.32 Å². The van der Waals surface area contributed by atoms with E-state index in [-0.39, 0.29) is 0 Å². The van der Waals surface area contributed by atoms with Crippen LogP contribution in [0.5, 0.6) is 0 Å². The second kappa shape index (κ2) is 8.25. The van der Waals surface area contributed by atoms with E-state index in [2.05, 4.69) is 21.8 Å². The summed E-state index contributed by atoms with van der Waals surface area (Å²) in [5.74, 6) is 1.15. The zero-order valence-electron chi connectivity index (χ0n) is 11.3. The summed E-state index contributed by atoms with van der Waals surface area (Å²) in [6.07, 6.45) is 8.14. The molecule has 1 heterocycles. The Labute approximate surface area is 104 Å². The second-order valence-electron chi connectivity index (χ2n) is 4.38. The third-order valence-corrected chi connectivity index (χ3v) is 3.00. The third kappa shape index (κ3) is 5.33. The molecule has 0 saturated heterocycles. The van der Waals surface area contributed by atoms with Crippen molar-refractivity contribution < 1.29 is 4.74 Å². The maximum Gasteiger partial charge on any atom is 0.108 e. The van der Waals surface area contributed by atoms with Gasteiger partial charge in [0.25, 0.3) is 0 Å². The Bertz CT molecular complexity index is 299. The lowest BCUT2D eigenvalue weighted by molar-refractivity contribution is 0.124. The van der Waals surface area contributed by atoms with Crippen LogP contribution in [0.3, 0.4) is 0 Å². The molecule has 1 N–H and O–H groups in total. The molecule has 4 nitrogen and oxygen atoms in total. The van der Waals surface area contributed by atoms with Crippen molar-refractivity contribution in [2.24, 2.45) is 7.05 Å². The molecular weight excluding hydrogens is 214 g/mol. The molecule has 0 amide bonds. The number of aromatic nitrogens is 2. The third-order valence-electron chi connectivity index (χ3n) is 3.00. The quantitative estimate of drug-likeness (QED) is 0.667. The molecule has 1 aromatic rings. The minimum atomic E-state index is 0.517. The van der Waals surface area contributed by atoms with Gasteiger partial charge < -0.3 is 14.6 Å². The molecule has 1 aromatic heterocycles. The van der Waals surface area contributed by atoms with Crippen LogP contribution in [0.2, 0.25) is 0 Å². The average molecular weight is 239 g/mol. The van der Waals surface area contributed by atoms with Gasteiger partial charge in [-0.1, -0.05) is 6.92 Å². The Balaban J connectivity index is 2.20. The molecule has 0 fully saturated rings. The van der Waals surface area contributed by atoms with Crippen molar-refractivity contribution in [1.29, 1.82) is 0 Å². The lowest BCUT2D eigenvalue weighted by atomic mass is 10.1. The number of imidazole rings is 1. The topological polar surface area (TPSA) is 39.1 Å². The van der Waals surface area contributed by atoms with Crippen LogP contribution in [-0.2, 0) is 18.2 Å². The van der Waals surface area contributed by atoms with Gasteiger partial charge >= 0.3 is 0 Å². The molecule has 0 aliphatic carbocycles. The Morgan fingerprint density at radius 1 is 1.41 bits per heavy atom. The van der Waals surface area contributed by atoms with Crippen molar-refractivity contribution in [3.8, 4) is 0 Å². The molecule has 4 heteroatoms. The normalized spacial score (nSPS) is 12.9. The molecule has 0 bridgehead atoms. The number of aryl methyl sites for hydroxylation is 2. The van der Waals surface area contributed by atoms with E-state index in [4.69, 9.17) is 4.74 Å². The average Bonchev–Trinajstić information content (AvgIpc) is 2.74. The predicted molar refractivity (Wildman–Crippen MR) is 70.1 cm³/mol. The summed E-state index contributed by atoms with van der Waals surface area (Å²) >= 11 is 0. The summed E-state index contributed by atoms with van der Waals surface area (Å²) in [7, 11) is 4.06. The van der Waals surface area contributed by atoms with E-state index >= 15 is 0 Å². The highest BCUT2D eigenvalue weighted by Gasteiger charge is 2.08. The molecule has 1 atom stereocenters. The molecule has 0 radical (unpaired) electrons. The van der Waals surface area contributed by atoms with E-state index in [1.165, 1.54) is 0 Å². The first-order valence-electron chi connectivity index (χ1n) is 6.49. The summed E-state index contributed by atoms with van der Waals surface area (Å²) in [4.78, 5) is 4.34. The maximum atomic E-state index is 5.52. The number of hydrogen-bond acceptors (Lipinski definition) is 3. The van der Waals surface area contributed by atoms with Crippen molar-refractivity contribution in [2.75, 3.05) is 20.3 Å². The largest absolute Gasteiger partial charge is 0.381 e. The molecule has 98 valence electrons. The zero-order valence-corrected chi connectivity index (χ0v) is 11.3. The Morgan fingerprint density at radius 3 is 2.82 bits per heavy atom. The van der Waals surface area contributed by atoms with Gasteiger partial charge in [0.2, 0.25) is 0 Å². The van der Waals surface area contributed by atoms with Crippen LogP contribution in [0, 0.1) is 0 Å². The van der Waals surface area contributed by atoms with E-state index < -0.39 is 0 Å². The van der Waals surface area contributed by atoms with Crippen LogP contribution >= 0.6 is 0 Å². The van der Waals surface area contributed by atoms with Gasteiger partial charge in [0, 0.05) is 45.1 Å². The molecule has 1 unspecified atom stereocenters. The van der Waals surface area contributed by atoms with Gasteiger partial charge in [0.15, 0.2) is 0 Å². The molecule has 1 rings (SSSR count). The fourth-order valence-corrected chi connectivity index (χ4v) is 1.85. The summed E-state index contributed by atoms with van der Waals surface area (Å²) < 4.78 is 7.60. The zero-order chi connectivity index (χ0) is 12.5. The van der Waals surface area contributed by atoms with Gasteiger partial charge in [0.1, 0.15) is 5.82 Å². The minimum Gasteiger partial charge on any atom is -0.381 e. The maximum absolute atomic E-state index is 5.52. The molecule has 0 aromatic carbocycles. The standard InChI is InChI=1S/C13H25N3O/c1-4-10-17-11-7-12(14-2)5-6-13-15-8-9-16(13)3/h8-9,12,14H,4-7,10-11H2,1-3H3. The SMILES string of the molecule is CCCOCCC(CCc1nccn1C)NC. The van der Waals surface area contributed by atoms with E-state index in [1.54, 1.807) is 0 Å². The lowest BCUT2D eigenvalue weighted by Crippen LogP contribution is -2.27. The second-order valence-corrected chi connectivity index (χ2v) is 4.38. The summed E-state index contributed by atoms with van der Waals surface area (Å²) in [5.41, 5.74) is 0. The first-order valence-corrected chi connectivity index (χ1v) is 6.49. The van der Waals surface area contributed by atoms with E-state index in [1.807, 2.05) is 26.5 Å². The molecule has 0 aliphatic rings. The van der Waals surface area contributed by atoms with Gasteiger partial charge in [-0.2, -0.15) is 0 Å². The van der Waals surface area contributed by atoms with E-state index in [0.29, 0.717) is 6.04 Å². The number of nitrogens with one attached hydrogen (secondary N) is 1. The Morgan fingerprint density at radius 2 is 2.24 bits per heavy atom. The van der Waals surface area contributed by atoms with Gasteiger partial charge in [-0.3, -0.25) is 0 Å². The molecular formula is C13H25N3O. The van der Waals surface area contributed by atoms with Crippen molar-refractivity contribution in [3.63, 3.8) is 0 Å². The monoisotopic (exact) mass is 239 g/mol. The summed E-state index contributed by atoms with van der Waals surface area (Å²) in [6.45, 7) is 3.85. The van der Waals surface area contributed by atoms with Gasteiger partial charge in [0.05, 0.1) is 0 Å². The smallest absolute Gasteiger partial charge is 0.108 e. The van der Waals surface area contributed by atoms with Crippen LogP contribution in [-0.4, -0.2) is 35.9 Å². The lowest BCUT2D eigenvalue weighted by Gasteiger charge is -2.15. The van der Waals surface area contributed by atoms with Crippen LogP contribution in [0.1, 0.15) is 32.0 Å². The first-order chi connectivity index (χ1) is 8.27. The minimum absolute atomic E-state index is 0.517. The number of ether oxygens (including phenoxy) is 1. The van der Waals surface area contributed by atoms with Crippen molar-refractivity contribution in [2.45, 2.75) is 38.6 Å². The van der Waals surface area contributed by atoms with Crippen molar-refractivity contribution in [1.82, 2.24) is 14.9 Å².